The SMILES string of the molecule is Cc1noc(C)c1CC(c1ccccc1)c1ccc2c(N)c(N)cnc2c1. The molecule has 0 amide bonds. The third kappa shape index (κ3) is 3.12. The molecule has 2 heterocycles. The number of hydrogen-bond donors (Lipinski definition) is 2. The number of rotatable bonds is 4. The summed E-state index contributed by atoms with van der Waals surface area (Å²) in [6.07, 6.45) is 2.43. The molecule has 0 radical (unpaired) electrons. The summed E-state index contributed by atoms with van der Waals surface area (Å²) in [5, 5.41) is 4.99. The molecule has 2 aromatic carbocycles. The molecule has 0 saturated carbocycles. The van der Waals surface area contributed by atoms with Crippen LogP contribution in [0.4, 0.5) is 11.4 Å². The van der Waals surface area contributed by atoms with E-state index in [1.165, 1.54) is 11.1 Å². The first kappa shape index (κ1) is 17.1. The van der Waals surface area contributed by atoms with Crippen molar-refractivity contribution in [2.24, 2.45) is 0 Å². The van der Waals surface area contributed by atoms with Gasteiger partial charge in [0, 0.05) is 16.9 Å². The van der Waals surface area contributed by atoms with E-state index in [1.807, 2.05) is 26.0 Å². The topological polar surface area (TPSA) is 91.0 Å². The summed E-state index contributed by atoms with van der Waals surface area (Å²) < 4.78 is 5.37. The Morgan fingerprint density at radius 3 is 2.48 bits per heavy atom. The highest BCUT2D eigenvalue weighted by Crippen LogP contribution is 2.33. The van der Waals surface area contributed by atoms with Crippen molar-refractivity contribution in [1.82, 2.24) is 10.1 Å². The Balaban J connectivity index is 1.83. The summed E-state index contributed by atoms with van der Waals surface area (Å²) in [7, 11) is 0. The van der Waals surface area contributed by atoms with E-state index in [-0.39, 0.29) is 5.92 Å². The van der Waals surface area contributed by atoms with Crippen molar-refractivity contribution in [3.8, 4) is 0 Å². The van der Waals surface area contributed by atoms with E-state index in [0.717, 1.165) is 34.3 Å². The Kier molecular flexibility index (Phi) is 4.28. The maximum atomic E-state index is 6.12. The Morgan fingerprint density at radius 1 is 1.00 bits per heavy atom. The van der Waals surface area contributed by atoms with Crippen molar-refractivity contribution < 1.29 is 4.52 Å². The van der Waals surface area contributed by atoms with Gasteiger partial charge in [-0.05, 0) is 37.5 Å². The van der Waals surface area contributed by atoms with Crippen molar-refractivity contribution in [2.75, 3.05) is 11.5 Å². The van der Waals surface area contributed by atoms with Gasteiger partial charge in [0.05, 0.1) is 28.8 Å². The molecule has 4 N–H and O–H groups in total. The zero-order chi connectivity index (χ0) is 19.0. The zero-order valence-electron chi connectivity index (χ0n) is 15.4. The normalized spacial score (nSPS) is 12.4. The maximum Gasteiger partial charge on any atom is 0.137 e. The molecule has 2 aromatic heterocycles. The highest BCUT2D eigenvalue weighted by molar-refractivity contribution is 5.95. The average Bonchev–Trinajstić information content (AvgIpc) is 3.01. The molecule has 0 aliphatic rings. The Hall–Kier alpha value is -3.34. The monoisotopic (exact) mass is 358 g/mol. The van der Waals surface area contributed by atoms with Gasteiger partial charge in [0.2, 0.25) is 0 Å². The number of benzene rings is 2. The van der Waals surface area contributed by atoms with Crippen molar-refractivity contribution in [3.05, 3.63) is 82.9 Å². The number of hydrogen-bond acceptors (Lipinski definition) is 5. The van der Waals surface area contributed by atoms with Gasteiger partial charge in [-0.15, -0.1) is 0 Å². The van der Waals surface area contributed by atoms with E-state index >= 15 is 0 Å². The van der Waals surface area contributed by atoms with Gasteiger partial charge < -0.3 is 16.0 Å². The van der Waals surface area contributed by atoms with Crippen molar-refractivity contribution in [1.29, 1.82) is 0 Å². The summed E-state index contributed by atoms with van der Waals surface area (Å²) >= 11 is 0. The quantitative estimate of drug-likeness (QED) is 0.565. The molecule has 0 bridgehead atoms. The van der Waals surface area contributed by atoms with Crippen LogP contribution >= 0.6 is 0 Å². The Labute approximate surface area is 158 Å². The number of aryl methyl sites for hydroxylation is 2. The summed E-state index contributed by atoms with van der Waals surface area (Å²) in [6.45, 7) is 3.95. The van der Waals surface area contributed by atoms with E-state index in [4.69, 9.17) is 16.0 Å². The molecule has 27 heavy (non-hydrogen) atoms. The van der Waals surface area contributed by atoms with Gasteiger partial charge in [-0.1, -0.05) is 47.6 Å². The number of pyridine rings is 1. The molecule has 5 nitrogen and oxygen atoms in total. The molecule has 1 atom stereocenters. The first-order valence-electron chi connectivity index (χ1n) is 8.95. The van der Waals surface area contributed by atoms with E-state index in [1.54, 1.807) is 6.20 Å². The number of fused-ring (bicyclic) bond motifs is 1. The van der Waals surface area contributed by atoms with Crippen molar-refractivity contribution in [3.63, 3.8) is 0 Å². The van der Waals surface area contributed by atoms with Crippen LogP contribution in [0.15, 0.2) is 59.3 Å². The highest BCUT2D eigenvalue weighted by atomic mass is 16.5. The second-order valence-electron chi connectivity index (χ2n) is 6.87. The average molecular weight is 358 g/mol. The molecule has 0 saturated heterocycles. The van der Waals surface area contributed by atoms with Crippen LogP contribution < -0.4 is 11.5 Å². The first-order chi connectivity index (χ1) is 13.0. The number of aromatic nitrogens is 2. The van der Waals surface area contributed by atoms with Gasteiger partial charge in [0.25, 0.3) is 0 Å². The van der Waals surface area contributed by atoms with Gasteiger partial charge in [-0.2, -0.15) is 0 Å². The van der Waals surface area contributed by atoms with Crippen LogP contribution in [0.3, 0.4) is 0 Å². The number of nitrogen functional groups attached to an aromatic ring is 2. The van der Waals surface area contributed by atoms with E-state index in [0.29, 0.717) is 11.4 Å². The second-order valence-corrected chi connectivity index (χ2v) is 6.87. The van der Waals surface area contributed by atoms with Crippen LogP contribution in [0.2, 0.25) is 0 Å². The summed E-state index contributed by atoms with van der Waals surface area (Å²) in [5.41, 5.74) is 18.4. The predicted molar refractivity (Wildman–Crippen MR) is 109 cm³/mol. The standard InChI is InChI=1S/C22H22N4O/c1-13-18(14(2)27-26-13)11-19(15-6-4-3-5-7-15)16-8-9-17-21(10-16)25-12-20(23)22(17)24/h3-10,12,19H,11,23H2,1-2H3,(H2,24,25). The summed E-state index contributed by atoms with van der Waals surface area (Å²) in [5.74, 6) is 1.03. The summed E-state index contributed by atoms with van der Waals surface area (Å²) in [6, 6.07) is 16.7. The maximum absolute atomic E-state index is 6.12. The lowest BCUT2D eigenvalue weighted by atomic mass is 9.85. The van der Waals surface area contributed by atoms with Gasteiger partial charge in [0.1, 0.15) is 5.76 Å². The van der Waals surface area contributed by atoms with Crippen LogP contribution in [0.25, 0.3) is 10.9 Å². The van der Waals surface area contributed by atoms with Gasteiger partial charge >= 0.3 is 0 Å². The minimum absolute atomic E-state index is 0.160. The fourth-order valence-corrected chi connectivity index (χ4v) is 3.58. The van der Waals surface area contributed by atoms with Crippen LogP contribution in [-0.4, -0.2) is 10.1 Å². The highest BCUT2D eigenvalue weighted by Gasteiger charge is 2.20. The van der Waals surface area contributed by atoms with Crippen LogP contribution in [0, 0.1) is 13.8 Å². The molecule has 4 aromatic rings. The van der Waals surface area contributed by atoms with Crippen LogP contribution in [-0.2, 0) is 6.42 Å². The third-order valence-corrected chi connectivity index (χ3v) is 5.16. The van der Waals surface area contributed by atoms with E-state index < -0.39 is 0 Å². The molecule has 5 heteroatoms. The summed E-state index contributed by atoms with van der Waals surface area (Å²) in [4.78, 5) is 4.47. The molecule has 0 spiro atoms. The minimum atomic E-state index is 0.160. The lowest BCUT2D eigenvalue weighted by Gasteiger charge is -2.19. The molecular formula is C22H22N4O. The fraction of sp³-hybridized carbons (Fsp3) is 0.182. The van der Waals surface area contributed by atoms with Gasteiger partial charge in [0.15, 0.2) is 0 Å². The largest absolute Gasteiger partial charge is 0.396 e. The molecule has 1 unspecified atom stereocenters. The number of nitrogens with zero attached hydrogens (tertiary/aromatic N) is 2. The number of anilines is 2. The predicted octanol–water partition coefficient (Wildman–Crippen LogP) is 4.38. The molecule has 0 aliphatic carbocycles. The molecule has 0 fully saturated rings. The Morgan fingerprint density at radius 2 is 1.78 bits per heavy atom. The first-order valence-corrected chi connectivity index (χ1v) is 8.95. The van der Waals surface area contributed by atoms with E-state index in [2.05, 4.69) is 46.5 Å². The molecule has 0 aliphatic heterocycles. The van der Waals surface area contributed by atoms with Crippen LogP contribution in [0.1, 0.15) is 34.1 Å². The molecule has 4 rings (SSSR count). The minimum Gasteiger partial charge on any atom is -0.396 e. The second kappa shape index (κ2) is 6.76. The smallest absolute Gasteiger partial charge is 0.137 e. The number of nitrogens with two attached hydrogens (primary N) is 2. The van der Waals surface area contributed by atoms with Crippen molar-refractivity contribution >= 4 is 22.3 Å². The third-order valence-electron chi connectivity index (χ3n) is 5.16. The van der Waals surface area contributed by atoms with Crippen LogP contribution in [0.5, 0.6) is 0 Å². The lowest BCUT2D eigenvalue weighted by Crippen LogP contribution is -2.07. The fourth-order valence-electron chi connectivity index (χ4n) is 3.58. The van der Waals surface area contributed by atoms with Gasteiger partial charge in [-0.3, -0.25) is 4.98 Å². The zero-order valence-corrected chi connectivity index (χ0v) is 15.4. The molecular weight excluding hydrogens is 336 g/mol. The van der Waals surface area contributed by atoms with E-state index in [9.17, 15) is 0 Å². The lowest BCUT2D eigenvalue weighted by molar-refractivity contribution is 0.392. The molecule has 136 valence electrons. The Bertz CT molecular complexity index is 1080. The van der Waals surface area contributed by atoms with Crippen molar-refractivity contribution in [2.45, 2.75) is 26.2 Å². The van der Waals surface area contributed by atoms with Gasteiger partial charge in [-0.25, -0.2) is 0 Å².